The van der Waals surface area contributed by atoms with E-state index in [0.717, 1.165) is 18.7 Å². The topological polar surface area (TPSA) is 74.7 Å². The largest absolute Gasteiger partial charge is 0.409 e. The lowest BCUT2D eigenvalue weighted by Crippen LogP contribution is -2.35. The predicted molar refractivity (Wildman–Crippen MR) is 85.8 cm³/mol. The standard InChI is InChI=1S/C16H26N4O/c1-12(2)8-10-20(13-5-3-4-6-13)14-7-9-18-15(11-14)16(17)19-21/h7,9,11-13,21H,3-6,8,10H2,1-2H3,(H2,17,19). The summed E-state index contributed by atoms with van der Waals surface area (Å²) >= 11 is 0. The molecule has 1 aliphatic carbocycles. The van der Waals surface area contributed by atoms with Crippen molar-refractivity contribution in [3.63, 3.8) is 0 Å². The molecular weight excluding hydrogens is 264 g/mol. The first-order chi connectivity index (χ1) is 10.1. The number of rotatable bonds is 6. The van der Waals surface area contributed by atoms with Crippen LogP contribution in [0, 0.1) is 5.92 Å². The van der Waals surface area contributed by atoms with E-state index in [1.165, 1.54) is 25.7 Å². The summed E-state index contributed by atoms with van der Waals surface area (Å²) in [5, 5.41) is 11.9. The Bertz CT molecular complexity index is 481. The van der Waals surface area contributed by atoms with Gasteiger partial charge in [-0.15, -0.1) is 0 Å². The highest BCUT2D eigenvalue weighted by molar-refractivity contribution is 5.95. The fourth-order valence-corrected chi connectivity index (χ4v) is 2.93. The molecule has 1 aromatic rings. The van der Waals surface area contributed by atoms with E-state index < -0.39 is 0 Å². The van der Waals surface area contributed by atoms with Crippen molar-refractivity contribution < 1.29 is 5.21 Å². The highest BCUT2D eigenvalue weighted by Gasteiger charge is 2.23. The molecule has 1 saturated carbocycles. The molecule has 0 atom stereocenters. The average Bonchev–Trinajstić information content (AvgIpc) is 3.01. The molecular formula is C16H26N4O. The van der Waals surface area contributed by atoms with Crippen LogP contribution in [-0.2, 0) is 0 Å². The molecule has 21 heavy (non-hydrogen) atoms. The minimum absolute atomic E-state index is 0.0621. The number of nitrogens with zero attached hydrogens (tertiary/aromatic N) is 3. The Labute approximate surface area is 126 Å². The van der Waals surface area contributed by atoms with Gasteiger partial charge in [-0.25, -0.2) is 0 Å². The molecule has 0 radical (unpaired) electrons. The summed E-state index contributed by atoms with van der Waals surface area (Å²) in [5.41, 5.74) is 7.31. The van der Waals surface area contributed by atoms with Crippen LogP contribution in [0.5, 0.6) is 0 Å². The number of anilines is 1. The summed E-state index contributed by atoms with van der Waals surface area (Å²) in [5.74, 6) is 0.742. The molecule has 1 fully saturated rings. The summed E-state index contributed by atoms with van der Waals surface area (Å²) in [4.78, 5) is 6.65. The van der Waals surface area contributed by atoms with Crippen LogP contribution >= 0.6 is 0 Å². The van der Waals surface area contributed by atoms with Crippen LogP contribution in [0.15, 0.2) is 23.5 Å². The average molecular weight is 290 g/mol. The van der Waals surface area contributed by atoms with Crippen molar-refractivity contribution in [1.29, 1.82) is 0 Å². The zero-order chi connectivity index (χ0) is 15.2. The molecule has 0 spiro atoms. The van der Waals surface area contributed by atoms with Crippen molar-refractivity contribution in [2.45, 2.75) is 52.0 Å². The number of oxime groups is 1. The monoisotopic (exact) mass is 290 g/mol. The zero-order valence-electron chi connectivity index (χ0n) is 13.0. The Kier molecular flexibility index (Phi) is 5.42. The number of hydrogen-bond donors (Lipinski definition) is 2. The lowest BCUT2D eigenvalue weighted by atomic mass is 10.1. The molecule has 5 nitrogen and oxygen atoms in total. The van der Waals surface area contributed by atoms with Gasteiger partial charge < -0.3 is 15.8 Å². The Morgan fingerprint density at radius 3 is 2.81 bits per heavy atom. The molecule has 0 aliphatic heterocycles. The van der Waals surface area contributed by atoms with E-state index in [2.05, 4.69) is 28.9 Å². The maximum Gasteiger partial charge on any atom is 0.188 e. The molecule has 5 heteroatoms. The number of amidine groups is 1. The smallest absolute Gasteiger partial charge is 0.188 e. The van der Waals surface area contributed by atoms with Crippen molar-refractivity contribution in [2.75, 3.05) is 11.4 Å². The van der Waals surface area contributed by atoms with Gasteiger partial charge in [-0.05, 0) is 37.3 Å². The predicted octanol–water partition coefficient (Wildman–Crippen LogP) is 2.97. The highest BCUT2D eigenvalue weighted by Crippen LogP contribution is 2.29. The van der Waals surface area contributed by atoms with Gasteiger partial charge in [-0.1, -0.05) is 31.8 Å². The molecule has 3 N–H and O–H groups in total. The number of pyridine rings is 1. The molecule has 0 amide bonds. The van der Waals surface area contributed by atoms with Crippen LogP contribution < -0.4 is 10.6 Å². The minimum Gasteiger partial charge on any atom is -0.409 e. The molecule has 116 valence electrons. The summed E-state index contributed by atoms with van der Waals surface area (Å²) in [6, 6.07) is 4.55. The minimum atomic E-state index is 0.0621. The van der Waals surface area contributed by atoms with Crippen LogP contribution in [-0.4, -0.2) is 28.6 Å². The third-order valence-corrected chi connectivity index (χ3v) is 4.16. The van der Waals surface area contributed by atoms with Crippen molar-refractivity contribution in [1.82, 2.24) is 4.98 Å². The second kappa shape index (κ2) is 7.29. The molecule has 0 unspecified atom stereocenters. The fourth-order valence-electron chi connectivity index (χ4n) is 2.93. The van der Waals surface area contributed by atoms with E-state index in [4.69, 9.17) is 10.9 Å². The lowest BCUT2D eigenvalue weighted by molar-refractivity contribution is 0.318. The molecule has 1 aliphatic rings. The number of hydrogen-bond acceptors (Lipinski definition) is 4. The zero-order valence-corrected chi connectivity index (χ0v) is 13.0. The quantitative estimate of drug-likeness (QED) is 0.365. The summed E-state index contributed by atoms with van der Waals surface area (Å²) in [6.45, 7) is 5.55. The first kappa shape index (κ1) is 15.6. The van der Waals surface area contributed by atoms with Gasteiger partial charge in [-0.2, -0.15) is 0 Å². The molecule has 0 aromatic carbocycles. The van der Waals surface area contributed by atoms with E-state index >= 15 is 0 Å². The molecule has 1 heterocycles. The molecule has 0 bridgehead atoms. The van der Waals surface area contributed by atoms with Gasteiger partial charge in [0.2, 0.25) is 0 Å². The van der Waals surface area contributed by atoms with E-state index in [-0.39, 0.29) is 5.84 Å². The first-order valence-corrected chi connectivity index (χ1v) is 7.82. The fraction of sp³-hybridized carbons (Fsp3) is 0.625. The Hall–Kier alpha value is -1.78. The van der Waals surface area contributed by atoms with Gasteiger partial charge in [0.1, 0.15) is 5.69 Å². The molecule has 0 saturated heterocycles. The Balaban J connectivity index is 2.22. The normalized spacial score (nSPS) is 16.6. The van der Waals surface area contributed by atoms with Crippen LogP contribution in [0.4, 0.5) is 5.69 Å². The van der Waals surface area contributed by atoms with Crippen molar-refractivity contribution in [2.24, 2.45) is 16.8 Å². The van der Waals surface area contributed by atoms with Gasteiger partial charge in [0.15, 0.2) is 5.84 Å². The summed E-state index contributed by atoms with van der Waals surface area (Å²) in [6.07, 6.45) is 8.01. The Morgan fingerprint density at radius 1 is 1.48 bits per heavy atom. The third kappa shape index (κ3) is 4.09. The van der Waals surface area contributed by atoms with Gasteiger partial charge in [0.25, 0.3) is 0 Å². The van der Waals surface area contributed by atoms with Crippen LogP contribution in [0.1, 0.15) is 51.6 Å². The van der Waals surface area contributed by atoms with Crippen molar-refractivity contribution >= 4 is 11.5 Å². The van der Waals surface area contributed by atoms with Crippen molar-refractivity contribution in [3.05, 3.63) is 24.0 Å². The van der Waals surface area contributed by atoms with Gasteiger partial charge in [-0.3, -0.25) is 4.98 Å². The van der Waals surface area contributed by atoms with E-state index in [1.54, 1.807) is 6.20 Å². The maximum absolute atomic E-state index is 8.81. The van der Waals surface area contributed by atoms with E-state index in [0.29, 0.717) is 17.7 Å². The number of aromatic nitrogens is 1. The van der Waals surface area contributed by atoms with Gasteiger partial charge in [0, 0.05) is 24.5 Å². The molecule has 1 aromatic heterocycles. The highest BCUT2D eigenvalue weighted by atomic mass is 16.4. The number of nitrogens with two attached hydrogens (primary N) is 1. The van der Waals surface area contributed by atoms with Crippen LogP contribution in [0.25, 0.3) is 0 Å². The maximum atomic E-state index is 8.81. The van der Waals surface area contributed by atoms with Gasteiger partial charge >= 0.3 is 0 Å². The van der Waals surface area contributed by atoms with Crippen molar-refractivity contribution in [3.8, 4) is 0 Å². The molecule has 2 rings (SSSR count). The first-order valence-electron chi connectivity index (χ1n) is 7.82. The summed E-state index contributed by atoms with van der Waals surface area (Å²) < 4.78 is 0. The second-order valence-corrected chi connectivity index (χ2v) is 6.20. The van der Waals surface area contributed by atoms with E-state index in [9.17, 15) is 0 Å². The third-order valence-electron chi connectivity index (χ3n) is 4.16. The van der Waals surface area contributed by atoms with E-state index in [1.807, 2.05) is 12.1 Å². The van der Waals surface area contributed by atoms with Gasteiger partial charge in [0.05, 0.1) is 0 Å². The second-order valence-electron chi connectivity index (χ2n) is 6.20. The SMILES string of the molecule is CC(C)CCN(c1ccnc(/C(N)=N/O)c1)C1CCCC1. The summed E-state index contributed by atoms with van der Waals surface area (Å²) in [7, 11) is 0. The van der Waals surface area contributed by atoms with Crippen LogP contribution in [0.3, 0.4) is 0 Å². The lowest BCUT2D eigenvalue weighted by Gasteiger charge is -2.32. The van der Waals surface area contributed by atoms with Crippen LogP contribution in [0.2, 0.25) is 0 Å². The Morgan fingerprint density at radius 2 is 2.19 bits per heavy atom.